The van der Waals surface area contributed by atoms with Crippen molar-refractivity contribution in [2.24, 2.45) is 0 Å². The van der Waals surface area contributed by atoms with Crippen molar-refractivity contribution in [1.29, 1.82) is 0 Å². The molecule has 0 amide bonds. The molecule has 100 valence electrons. The van der Waals surface area contributed by atoms with Gasteiger partial charge in [-0.25, -0.2) is 9.18 Å². The molecule has 0 aliphatic carbocycles. The van der Waals surface area contributed by atoms with Gasteiger partial charge in [-0.05, 0) is 6.07 Å². The van der Waals surface area contributed by atoms with Gasteiger partial charge in [-0.3, -0.25) is 14.3 Å². The normalized spacial score (nSPS) is 10.5. The summed E-state index contributed by atoms with van der Waals surface area (Å²) in [7, 11) is 1.35. The van der Waals surface area contributed by atoms with E-state index in [-0.39, 0.29) is 22.9 Å². The number of aromatic amines is 1. The summed E-state index contributed by atoms with van der Waals surface area (Å²) in [6.07, 6.45) is 1.17. The third-order valence-corrected chi connectivity index (χ3v) is 2.84. The van der Waals surface area contributed by atoms with Crippen molar-refractivity contribution in [2.45, 2.75) is 6.54 Å². The average Bonchev–Trinajstić information content (AvgIpc) is 2.38. The van der Waals surface area contributed by atoms with Gasteiger partial charge in [0.25, 0.3) is 5.56 Å². The highest BCUT2D eigenvalue weighted by molar-refractivity contribution is 6.30. The van der Waals surface area contributed by atoms with Gasteiger partial charge in [0.15, 0.2) is 11.6 Å². The molecule has 0 spiro atoms. The van der Waals surface area contributed by atoms with Gasteiger partial charge in [-0.2, -0.15) is 0 Å². The Hall–Kier alpha value is -2.08. The lowest BCUT2D eigenvalue weighted by Crippen LogP contribution is -2.30. The maximum atomic E-state index is 13.9. The number of H-pyrrole nitrogens is 1. The molecule has 1 N–H and O–H groups in total. The molecule has 0 radical (unpaired) electrons. The van der Waals surface area contributed by atoms with Crippen molar-refractivity contribution in [3.8, 4) is 5.75 Å². The number of benzene rings is 1. The summed E-state index contributed by atoms with van der Waals surface area (Å²) in [6, 6.07) is 4.60. The first-order chi connectivity index (χ1) is 9.02. The smallest absolute Gasteiger partial charge is 0.328 e. The quantitative estimate of drug-likeness (QED) is 0.926. The minimum Gasteiger partial charge on any atom is -0.494 e. The van der Waals surface area contributed by atoms with Gasteiger partial charge in [0.1, 0.15) is 5.02 Å². The van der Waals surface area contributed by atoms with Crippen LogP contribution in [0, 0.1) is 5.82 Å². The van der Waals surface area contributed by atoms with Gasteiger partial charge in [0.2, 0.25) is 0 Å². The van der Waals surface area contributed by atoms with Gasteiger partial charge >= 0.3 is 5.69 Å². The lowest BCUT2D eigenvalue weighted by molar-refractivity contribution is 0.383. The first-order valence-corrected chi connectivity index (χ1v) is 5.71. The van der Waals surface area contributed by atoms with Gasteiger partial charge < -0.3 is 4.74 Å². The molecule has 0 saturated heterocycles. The molecule has 0 unspecified atom stereocenters. The van der Waals surface area contributed by atoms with Gasteiger partial charge in [0, 0.05) is 11.8 Å². The summed E-state index contributed by atoms with van der Waals surface area (Å²) in [5.74, 6) is -0.472. The third-order valence-electron chi connectivity index (χ3n) is 2.57. The van der Waals surface area contributed by atoms with Crippen LogP contribution in [0.3, 0.4) is 0 Å². The molecule has 0 atom stereocenters. The molecule has 0 saturated carbocycles. The zero-order valence-electron chi connectivity index (χ0n) is 9.94. The molecule has 0 bridgehead atoms. The maximum Gasteiger partial charge on any atom is 0.328 e. The van der Waals surface area contributed by atoms with E-state index in [0.29, 0.717) is 0 Å². The lowest BCUT2D eigenvalue weighted by atomic mass is 10.2. The van der Waals surface area contributed by atoms with E-state index < -0.39 is 17.1 Å². The summed E-state index contributed by atoms with van der Waals surface area (Å²) in [6.45, 7) is -0.0572. The molecule has 2 rings (SSSR count). The van der Waals surface area contributed by atoms with Crippen LogP contribution in [0.15, 0.2) is 34.0 Å². The molecule has 0 aliphatic heterocycles. The topological polar surface area (TPSA) is 64.1 Å². The lowest BCUT2D eigenvalue weighted by Gasteiger charge is -2.09. The Morgan fingerprint density at radius 2 is 2.16 bits per heavy atom. The van der Waals surface area contributed by atoms with Crippen LogP contribution in [0.4, 0.5) is 4.39 Å². The largest absolute Gasteiger partial charge is 0.494 e. The number of methoxy groups -OCH3 is 1. The number of hydrogen-bond acceptors (Lipinski definition) is 3. The van der Waals surface area contributed by atoms with E-state index in [1.807, 2.05) is 4.98 Å². The zero-order valence-corrected chi connectivity index (χ0v) is 10.7. The van der Waals surface area contributed by atoms with Crippen LogP contribution >= 0.6 is 11.6 Å². The van der Waals surface area contributed by atoms with E-state index in [1.165, 1.54) is 25.4 Å². The second kappa shape index (κ2) is 5.27. The molecule has 1 heterocycles. The number of hydrogen-bond donors (Lipinski definition) is 1. The van der Waals surface area contributed by atoms with Crippen LogP contribution in [0.25, 0.3) is 0 Å². The predicted octanol–water partition coefficient (Wildman–Crippen LogP) is 1.39. The maximum absolute atomic E-state index is 13.9. The molecule has 5 nitrogen and oxygen atoms in total. The monoisotopic (exact) mass is 284 g/mol. The Morgan fingerprint density at radius 1 is 1.42 bits per heavy atom. The number of nitrogens with one attached hydrogen (secondary N) is 1. The Bertz CT molecular complexity index is 724. The minimum atomic E-state index is -0.672. The number of aromatic nitrogens is 2. The fraction of sp³-hybridized carbons (Fsp3) is 0.167. The highest BCUT2D eigenvalue weighted by Gasteiger charge is 2.10. The first-order valence-electron chi connectivity index (χ1n) is 5.33. The van der Waals surface area contributed by atoms with E-state index in [1.54, 1.807) is 6.07 Å². The standard InChI is InChI=1S/C12H10ClFN2O3/c1-19-9-4-2-3-7(10(9)14)5-16-6-8(13)11(17)15-12(16)18/h2-4,6H,5H2,1H3,(H,15,17,18). The van der Waals surface area contributed by atoms with Crippen LogP contribution < -0.4 is 16.0 Å². The van der Waals surface area contributed by atoms with Gasteiger partial charge in [-0.15, -0.1) is 0 Å². The summed E-state index contributed by atoms with van der Waals surface area (Å²) in [5.41, 5.74) is -1.07. The Balaban J connectivity index is 2.45. The van der Waals surface area contributed by atoms with Crippen molar-refractivity contribution >= 4 is 11.6 Å². The van der Waals surface area contributed by atoms with E-state index in [0.717, 1.165) is 4.57 Å². The number of halogens is 2. The highest BCUT2D eigenvalue weighted by Crippen LogP contribution is 2.20. The first kappa shape index (κ1) is 13.4. The molecule has 0 fully saturated rings. The van der Waals surface area contributed by atoms with Gasteiger partial charge in [-0.1, -0.05) is 23.7 Å². The molecular weight excluding hydrogens is 275 g/mol. The Morgan fingerprint density at radius 3 is 2.84 bits per heavy atom. The van der Waals surface area contributed by atoms with Crippen LogP contribution in [-0.2, 0) is 6.54 Å². The predicted molar refractivity (Wildman–Crippen MR) is 68.4 cm³/mol. The fourth-order valence-corrected chi connectivity index (χ4v) is 1.78. The van der Waals surface area contributed by atoms with E-state index in [2.05, 4.69) is 0 Å². The SMILES string of the molecule is COc1cccc(Cn2cc(Cl)c(=O)[nH]c2=O)c1F. The number of rotatable bonds is 3. The summed E-state index contributed by atoms with van der Waals surface area (Å²) in [5, 5.41) is -0.136. The second-order valence-corrected chi connectivity index (χ2v) is 4.20. The Kier molecular flexibility index (Phi) is 3.71. The summed E-state index contributed by atoms with van der Waals surface area (Å²) in [4.78, 5) is 24.7. The Labute approximate surface area is 112 Å². The third kappa shape index (κ3) is 2.68. The fourth-order valence-electron chi connectivity index (χ4n) is 1.62. The number of ether oxygens (including phenoxy) is 1. The van der Waals surface area contributed by atoms with Crippen molar-refractivity contribution in [1.82, 2.24) is 9.55 Å². The minimum absolute atomic E-state index is 0.0572. The van der Waals surface area contributed by atoms with Crippen LogP contribution in [0.5, 0.6) is 5.75 Å². The van der Waals surface area contributed by atoms with E-state index >= 15 is 0 Å². The molecule has 19 heavy (non-hydrogen) atoms. The van der Waals surface area contributed by atoms with Crippen molar-refractivity contribution in [3.63, 3.8) is 0 Å². The second-order valence-electron chi connectivity index (χ2n) is 3.80. The molecule has 2 aromatic rings. The molecule has 1 aromatic carbocycles. The molecule has 0 aliphatic rings. The van der Waals surface area contributed by atoms with Crippen molar-refractivity contribution in [2.75, 3.05) is 7.11 Å². The molecule has 1 aromatic heterocycles. The van der Waals surface area contributed by atoms with E-state index in [4.69, 9.17) is 16.3 Å². The highest BCUT2D eigenvalue weighted by atomic mass is 35.5. The molecule has 7 heteroatoms. The zero-order chi connectivity index (χ0) is 14.0. The van der Waals surface area contributed by atoms with E-state index in [9.17, 15) is 14.0 Å². The van der Waals surface area contributed by atoms with Gasteiger partial charge in [0.05, 0.1) is 13.7 Å². The van der Waals surface area contributed by atoms with Crippen LogP contribution in [0.2, 0.25) is 5.02 Å². The van der Waals surface area contributed by atoms with Crippen LogP contribution in [0.1, 0.15) is 5.56 Å². The summed E-state index contributed by atoms with van der Waals surface area (Å²) >= 11 is 5.63. The van der Waals surface area contributed by atoms with Crippen LogP contribution in [-0.4, -0.2) is 16.7 Å². The average molecular weight is 285 g/mol. The van der Waals surface area contributed by atoms with Crippen molar-refractivity contribution in [3.05, 3.63) is 61.6 Å². The molecular formula is C12H10ClFN2O3. The summed E-state index contributed by atoms with van der Waals surface area (Å²) < 4.78 is 19.9. The van der Waals surface area contributed by atoms with Crippen molar-refractivity contribution < 1.29 is 9.13 Å². The number of nitrogens with zero attached hydrogens (tertiary/aromatic N) is 1.